The largest absolute Gasteiger partial charge is 0.466 e. The second-order valence-corrected chi connectivity index (χ2v) is 3.89. The number of halogens is 1. The molecule has 0 unspecified atom stereocenters. The van der Waals surface area contributed by atoms with Gasteiger partial charge in [0.2, 0.25) is 0 Å². The van der Waals surface area contributed by atoms with Gasteiger partial charge in [0, 0.05) is 4.47 Å². The van der Waals surface area contributed by atoms with Crippen molar-refractivity contribution in [2.24, 2.45) is 0 Å². The first-order chi connectivity index (χ1) is 7.06. The van der Waals surface area contributed by atoms with Gasteiger partial charge in [-0.1, -0.05) is 34.6 Å². The normalized spacial score (nSPS) is 11.9. The number of ether oxygens (including phenoxy) is 1. The van der Waals surface area contributed by atoms with E-state index in [-0.39, 0.29) is 5.57 Å². The molecule has 1 aromatic carbocycles. The molecule has 15 heavy (non-hydrogen) atoms. The Morgan fingerprint density at radius 2 is 2.00 bits per heavy atom. The highest BCUT2D eigenvalue weighted by Crippen LogP contribution is 2.22. The first kappa shape index (κ1) is 11.9. The number of methoxy groups -OCH3 is 1. The zero-order valence-electron chi connectivity index (χ0n) is 8.24. The molecule has 0 heterocycles. The van der Waals surface area contributed by atoms with Crippen LogP contribution in [0.15, 0.2) is 40.9 Å². The first-order valence-electron chi connectivity index (χ1n) is 4.27. The number of carbonyl (C=O) groups excluding carboxylic acids is 1. The Bertz CT molecular complexity index is 370. The highest BCUT2D eigenvalue weighted by atomic mass is 79.9. The molecular weight excluding hydrogens is 260 g/mol. The van der Waals surface area contributed by atoms with Gasteiger partial charge in [-0.3, -0.25) is 0 Å². The van der Waals surface area contributed by atoms with E-state index in [0.717, 1.165) is 4.47 Å². The highest BCUT2D eigenvalue weighted by molar-refractivity contribution is 9.10. The molecule has 80 valence electrons. The third kappa shape index (κ3) is 2.91. The average Bonchev–Trinajstić information content (AvgIpc) is 2.27. The van der Waals surface area contributed by atoms with Gasteiger partial charge in [-0.15, -0.1) is 0 Å². The fourth-order valence-corrected chi connectivity index (χ4v) is 1.35. The number of rotatable bonds is 3. The lowest BCUT2D eigenvalue weighted by molar-refractivity contribution is -0.137. The summed E-state index contributed by atoms with van der Waals surface area (Å²) in [7, 11) is 1.25. The summed E-state index contributed by atoms with van der Waals surface area (Å²) in [5.41, 5.74) is 0.633. The van der Waals surface area contributed by atoms with Crippen LogP contribution in [0.2, 0.25) is 0 Å². The van der Waals surface area contributed by atoms with Gasteiger partial charge in [-0.2, -0.15) is 0 Å². The molecule has 0 aliphatic carbocycles. The highest BCUT2D eigenvalue weighted by Gasteiger charge is 2.18. The molecule has 0 bridgehead atoms. The lowest BCUT2D eigenvalue weighted by Gasteiger charge is -2.12. The van der Waals surface area contributed by atoms with Gasteiger partial charge in [0.25, 0.3) is 0 Å². The maximum Gasteiger partial charge on any atom is 0.336 e. The minimum atomic E-state index is -1.02. The Morgan fingerprint density at radius 3 is 2.47 bits per heavy atom. The number of aliphatic hydroxyl groups is 1. The predicted octanol–water partition coefficient (Wildman–Crippen LogP) is 2.21. The zero-order chi connectivity index (χ0) is 11.4. The van der Waals surface area contributed by atoms with E-state index in [9.17, 15) is 9.90 Å². The van der Waals surface area contributed by atoms with Crippen molar-refractivity contribution in [2.45, 2.75) is 6.10 Å². The molecule has 3 nitrogen and oxygen atoms in total. The Hall–Kier alpha value is -1.13. The Labute approximate surface area is 96.5 Å². The third-order valence-electron chi connectivity index (χ3n) is 1.96. The first-order valence-corrected chi connectivity index (χ1v) is 5.06. The summed E-state index contributed by atoms with van der Waals surface area (Å²) in [4.78, 5) is 11.1. The van der Waals surface area contributed by atoms with Gasteiger partial charge in [0.15, 0.2) is 0 Å². The number of carbonyl (C=O) groups is 1. The van der Waals surface area contributed by atoms with Crippen molar-refractivity contribution < 1.29 is 14.6 Å². The van der Waals surface area contributed by atoms with Gasteiger partial charge in [0.05, 0.1) is 12.7 Å². The third-order valence-corrected chi connectivity index (χ3v) is 2.49. The van der Waals surface area contributed by atoms with Gasteiger partial charge in [-0.25, -0.2) is 4.79 Å². The topological polar surface area (TPSA) is 46.5 Å². The molecule has 0 fully saturated rings. The van der Waals surface area contributed by atoms with E-state index < -0.39 is 12.1 Å². The summed E-state index contributed by atoms with van der Waals surface area (Å²) >= 11 is 3.28. The predicted molar refractivity (Wildman–Crippen MR) is 60.3 cm³/mol. The molecule has 1 atom stereocenters. The molecule has 0 aliphatic heterocycles. The number of hydrogen-bond acceptors (Lipinski definition) is 3. The minimum Gasteiger partial charge on any atom is -0.466 e. The van der Waals surface area contributed by atoms with Crippen molar-refractivity contribution >= 4 is 21.9 Å². The lowest BCUT2D eigenvalue weighted by Crippen LogP contribution is -2.11. The van der Waals surface area contributed by atoms with Crippen LogP contribution < -0.4 is 0 Å². The smallest absolute Gasteiger partial charge is 0.336 e. The van der Waals surface area contributed by atoms with Crippen LogP contribution in [0, 0.1) is 0 Å². The van der Waals surface area contributed by atoms with E-state index in [1.165, 1.54) is 7.11 Å². The molecule has 1 aromatic rings. The van der Waals surface area contributed by atoms with Crippen molar-refractivity contribution in [3.05, 3.63) is 46.5 Å². The zero-order valence-corrected chi connectivity index (χ0v) is 9.82. The van der Waals surface area contributed by atoms with Crippen molar-refractivity contribution in [1.29, 1.82) is 0 Å². The molecule has 0 aliphatic rings. The number of benzene rings is 1. The standard InChI is InChI=1S/C11H11BrO3/c1-7(11(14)15-2)10(13)8-3-5-9(12)6-4-8/h3-6,10,13H,1H2,2H3/t10-/m1/s1. The Morgan fingerprint density at radius 1 is 1.47 bits per heavy atom. The Balaban J connectivity index is 2.85. The molecule has 0 saturated carbocycles. The Kier molecular flexibility index (Phi) is 4.05. The average molecular weight is 271 g/mol. The summed E-state index contributed by atoms with van der Waals surface area (Å²) in [5.74, 6) is -0.606. The molecule has 0 aromatic heterocycles. The number of hydrogen-bond donors (Lipinski definition) is 1. The van der Waals surface area contributed by atoms with Crippen LogP contribution in [0.25, 0.3) is 0 Å². The second-order valence-electron chi connectivity index (χ2n) is 2.97. The summed E-state index contributed by atoms with van der Waals surface area (Å²) in [6, 6.07) is 6.98. The van der Waals surface area contributed by atoms with E-state index >= 15 is 0 Å². The van der Waals surface area contributed by atoms with E-state index in [2.05, 4.69) is 27.2 Å². The van der Waals surface area contributed by atoms with Gasteiger partial charge >= 0.3 is 5.97 Å². The molecule has 1 N–H and O–H groups in total. The van der Waals surface area contributed by atoms with Crippen LogP contribution in [0.4, 0.5) is 0 Å². The van der Waals surface area contributed by atoms with E-state index in [4.69, 9.17) is 0 Å². The van der Waals surface area contributed by atoms with Crippen LogP contribution in [-0.2, 0) is 9.53 Å². The fourth-order valence-electron chi connectivity index (χ4n) is 1.09. The summed E-state index contributed by atoms with van der Waals surface area (Å²) < 4.78 is 5.38. The molecule has 4 heteroatoms. The molecular formula is C11H11BrO3. The van der Waals surface area contributed by atoms with Crippen molar-refractivity contribution in [1.82, 2.24) is 0 Å². The van der Waals surface area contributed by atoms with Crippen molar-refractivity contribution in [3.63, 3.8) is 0 Å². The van der Waals surface area contributed by atoms with Crippen LogP contribution in [0.3, 0.4) is 0 Å². The van der Waals surface area contributed by atoms with Crippen LogP contribution >= 0.6 is 15.9 Å². The van der Waals surface area contributed by atoms with Gasteiger partial charge in [-0.05, 0) is 17.7 Å². The monoisotopic (exact) mass is 270 g/mol. The summed E-state index contributed by atoms with van der Waals surface area (Å²) in [6.45, 7) is 3.49. The molecule has 0 spiro atoms. The van der Waals surface area contributed by atoms with Crippen LogP contribution in [0.1, 0.15) is 11.7 Å². The maximum atomic E-state index is 11.1. The minimum absolute atomic E-state index is 0.0276. The SMILES string of the molecule is C=C(C(=O)OC)[C@@H](O)c1ccc(Br)cc1. The lowest BCUT2D eigenvalue weighted by atomic mass is 10.0. The molecule has 0 radical (unpaired) electrons. The summed E-state index contributed by atoms with van der Waals surface area (Å²) in [6.07, 6.45) is -1.02. The van der Waals surface area contributed by atoms with Crippen LogP contribution in [-0.4, -0.2) is 18.2 Å². The molecule has 0 amide bonds. The maximum absolute atomic E-state index is 11.1. The van der Waals surface area contributed by atoms with E-state index in [1.807, 2.05) is 0 Å². The van der Waals surface area contributed by atoms with Crippen molar-refractivity contribution in [2.75, 3.05) is 7.11 Å². The fraction of sp³-hybridized carbons (Fsp3) is 0.182. The second kappa shape index (κ2) is 5.09. The molecule has 0 saturated heterocycles. The summed E-state index contributed by atoms with van der Waals surface area (Å²) in [5, 5.41) is 9.77. The quantitative estimate of drug-likeness (QED) is 0.677. The molecule has 1 rings (SSSR count). The van der Waals surface area contributed by atoms with Gasteiger partial charge in [0.1, 0.15) is 6.10 Å². The number of esters is 1. The van der Waals surface area contributed by atoms with E-state index in [1.54, 1.807) is 24.3 Å². The number of aliphatic hydroxyl groups excluding tert-OH is 1. The van der Waals surface area contributed by atoms with E-state index in [0.29, 0.717) is 5.56 Å². The van der Waals surface area contributed by atoms with Crippen LogP contribution in [0.5, 0.6) is 0 Å². The van der Waals surface area contributed by atoms with Crippen molar-refractivity contribution in [3.8, 4) is 0 Å². The van der Waals surface area contributed by atoms with Gasteiger partial charge < -0.3 is 9.84 Å².